The van der Waals surface area contributed by atoms with Crippen molar-refractivity contribution >= 4 is 0 Å². The molecule has 0 aromatic carbocycles. The number of hydrogen-bond donors (Lipinski definition) is 0. The predicted octanol–water partition coefficient (Wildman–Crippen LogP) is 9.18. The number of unbranched alkanes of at least 4 members (excludes halogenated alkanes) is 10. The summed E-state index contributed by atoms with van der Waals surface area (Å²) in [5.74, 6) is 0.920. The van der Waals surface area contributed by atoms with Crippen molar-refractivity contribution in [2.75, 3.05) is 0 Å². The van der Waals surface area contributed by atoms with E-state index in [1.807, 2.05) is 0 Å². The number of rotatable bonds is 14. The van der Waals surface area contributed by atoms with Crippen LogP contribution in [0.25, 0.3) is 0 Å². The molecule has 0 heterocycles. The molecule has 0 N–H and O–H groups in total. The first-order valence-corrected chi connectivity index (χ1v) is 11.1. The second-order valence-electron chi connectivity index (χ2n) is 10.7. The van der Waals surface area contributed by atoms with Gasteiger partial charge in [-0.3, -0.25) is 0 Å². The maximum Gasteiger partial charge on any atom is -0.0380 e. The molecule has 0 aromatic heterocycles. The second-order valence-corrected chi connectivity index (χ2v) is 10.7. The lowest BCUT2D eigenvalue weighted by Crippen LogP contribution is -2.19. The van der Waals surface area contributed by atoms with E-state index >= 15 is 0 Å². The van der Waals surface area contributed by atoms with Crippen molar-refractivity contribution in [3.63, 3.8) is 0 Å². The lowest BCUT2D eigenvalue weighted by molar-refractivity contribution is 0.206. The normalized spacial score (nSPS) is 13.0. The molecular formula is C24H50. The average molecular weight is 339 g/mol. The van der Waals surface area contributed by atoms with E-state index in [1.165, 1.54) is 89.9 Å². The summed E-state index contributed by atoms with van der Waals surface area (Å²) in [4.78, 5) is 0. The summed E-state index contributed by atoms with van der Waals surface area (Å²) in [6, 6.07) is 0. The fourth-order valence-electron chi connectivity index (χ4n) is 4.11. The maximum absolute atomic E-state index is 2.41. The molecule has 0 aliphatic carbocycles. The van der Waals surface area contributed by atoms with Crippen LogP contribution in [0.1, 0.15) is 138 Å². The molecule has 0 unspecified atom stereocenters. The van der Waals surface area contributed by atoms with Gasteiger partial charge in [-0.05, 0) is 29.6 Å². The van der Waals surface area contributed by atoms with Crippen molar-refractivity contribution in [2.24, 2.45) is 16.7 Å². The zero-order chi connectivity index (χ0) is 18.5. The Kier molecular flexibility index (Phi) is 13.2. The molecule has 0 saturated heterocycles. The molecule has 0 fully saturated rings. The molecule has 24 heavy (non-hydrogen) atoms. The molecule has 0 amide bonds. The molecule has 0 rings (SSSR count). The third kappa shape index (κ3) is 18.3. The lowest BCUT2D eigenvalue weighted by atomic mass is 9.75. The van der Waals surface area contributed by atoms with Gasteiger partial charge in [0.2, 0.25) is 0 Å². The Morgan fingerprint density at radius 1 is 0.500 bits per heavy atom. The van der Waals surface area contributed by atoms with E-state index in [2.05, 4.69) is 48.5 Å². The highest BCUT2D eigenvalue weighted by Crippen LogP contribution is 2.35. The van der Waals surface area contributed by atoms with Crippen molar-refractivity contribution in [1.29, 1.82) is 0 Å². The topological polar surface area (TPSA) is 0 Å². The van der Waals surface area contributed by atoms with Crippen LogP contribution in [-0.4, -0.2) is 0 Å². The van der Waals surface area contributed by atoms with Crippen LogP contribution in [-0.2, 0) is 0 Å². The predicted molar refractivity (Wildman–Crippen MR) is 113 cm³/mol. The van der Waals surface area contributed by atoms with Crippen molar-refractivity contribution in [1.82, 2.24) is 0 Å². The van der Waals surface area contributed by atoms with Gasteiger partial charge in [-0.1, -0.05) is 126 Å². The van der Waals surface area contributed by atoms with Crippen LogP contribution in [0.3, 0.4) is 0 Å². The molecule has 0 nitrogen and oxygen atoms in total. The highest BCUT2D eigenvalue weighted by atomic mass is 14.3. The second kappa shape index (κ2) is 13.2. The van der Waals surface area contributed by atoms with E-state index in [-0.39, 0.29) is 0 Å². The van der Waals surface area contributed by atoms with E-state index in [0.29, 0.717) is 10.8 Å². The summed E-state index contributed by atoms with van der Waals surface area (Å²) in [6.07, 6.45) is 20.2. The Morgan fingerprint density at radius 2 is 0.833 bits per heavy atom. The molecule has 146 valence electrons. The van der Waals surface area contributed by atoms with Crippen LogP contribution in [0.5, 0.6) is 0 Å². The number of hydrogen-bond acceptors (Lipinski definition) is 0. The summed E-state index contributed by atoms with van der Waals surface area (Å²) < 4.78 is 0. The SMILES string of the molecule is CCCCCCCCCCCCCC(CC(C)(C)C)CC(C)(C)C. The Morgan fingerprint density at radius 3 is 1.17 bits per heavy atom. The highest BCUT2D eigenvalue weighted by molar-refractivity contribution is 4.75. The fraction of sp³-hybridized carbons (Fsp3) is 1.00. The van der Waals surface area contributed by atoms with E-state index in [1.54, 1.807) is 0 Å². The Bertz CT molecular complexity index is 247. The molecule has 0 atom stereocenters. The minimum atomic E-state index is 0.480. The van der Waals surface area contributed by atoms with Crippen LogP contribution in [0, 0.1) is 16.7 Å². The third-order valence-electron chi connectivity index (χ3n) is 5.02. The average Bonchev–Trinajstić information content (AvgIpc) is 2.41. The molecule has 0 heteroatoms. The van der Waals surface area contributed by atoms with Crippen LogP contribution in [0.4, 0.5) is 0 Å². The van der Waals surface area contributed by atoms with Gasteiger partial charge in [0.25, 0.3) is 0 Å². The summed E-state index contributed by atoms with van der Waals surface area (Å²) in [5, 5.41) is 0. The van der Waals surface area contributed by atoms with E-state index in [9.17, 15) is 0 Å². The Balaban J connectivity index is 3.69. The zero-order valence-electron chi connectivity index (χ0n) is 18.5. The maximum atomic E-state index is 2.41. The van der Waals surface area contributed by atoms with E-state index < -0.39 is 0 Å². The van der Waals surface area contributed by atoms with Gasteiger partial charge in [-0.2, -0.15) is 0 Å². The quantitative estimate of drug-likeness (QED) is 0.277. The van der Waals surface area contributed by atoms with Crippen LogP contribution >= 0.6 is 0 Å². The van der Waals surface area contributed by atoms with Gasteiger partial charge in [0, 0.05) is 0 Å². The summed E-state index contributed by atoms with van der Waals surface area (Å²) in [7, 11) is 0. The molecule has 0 saturated carbocycles. The van der Waals surface area contributed by atoms with Crippen molar-refractivity contribution < 1.29 is 0 Å². The molecular weight excluding hydrogens is 288 g/mol. The first-order valence-electron chi connectivity index (χ1n) is 11.1. The lowest BCUT2D eigenvalue weighted by Gasteiger charge is -2.31. The standard InChI is InChI=1S/C24H50/c1-8-9-10-11-12-13-14-15-16-17-18-19-22(20-23(2,3)4)21-24(5,6)7/h22H,8-21H2,1-7H3. The monoisotopic (exact) mass is 338 g/mol. The van der Waals surface area contributed by atoms with Gasteiger partial charge < -0.3 is 0 Å². The van der Waals surface area contributed by atoms with Crippen molar-refractivity contribution in [3.05, 3.63) is 0 Å². The van der Waals surface area contributed by atoms with Gasteiger partial charge in [-0.25, -0.2) is 0 Å². The van der Waals surface area contributed by atoms with Crippen LogP contribution < -0.4 is 0 Å². The van der Waals surface area contributed by atoms with Gasteiger partial charge in [0.1, 0.15) is 0 Å². The first-order chi connectivity index (χ1) is 11.1. The molecule has 0 spiro atoms. The van der Waals surface area contributed by atoms with Gasteiger partial charge in [0.05, 0.1) is 0 Å². The van der Waals surface area contributed by atoms with Crippen LogP contribution in [0.15, 0.2) is 0 Å². The molecule has 0 aliphatic rings. The smallest absolute Gasteiger partial charge is 0.0380 e. The highest BCUT2D eigenvalue weighted by Gasteiger charge is 2.23. The summed E-state index contributed by atoms with van der Waals surface area (Å²) in [5.41, 5.74) is 0.960. The van der Waals surface area contributed by atoms with Gasteiger partial charge in [0.15, 0.2) is 0 Å². The van der Waals surface area contributed by atoms with Crippen molar-refractivity contribution in [2.45, 2.75) is 138 Å². The van der Waals surface area contributed by atoms with E-state index in [4.69, 9.17) is 0 Å². The summed E-state index contributed by atoms with van der Waals surface area (Å²) in [6.45, 7) is 16.7. The third-order valence-corrected chi connectivity index (χ3v) is 5.02. The van der Waals surface area contributed by atoms with Crippen molar-refractivity contribution in [3.8, 4) is 0 Å². The zero-order valence-corrected chi connectivity index (χ0v) is 18.5. The molecule has 0 aromatic rings. The summed E-state index contributed by atoms with van der Waals surface area (Å²) >= 11 is 0. The van der Waals surface area contributed by atoms with Gasteiger partial charge >= 0.3 is 0 Å². The van der Waals surface area contributed by atoms with Gasteiger partial charge in [-0.15, -0.1) is 0 Å². The Labute approximate surface area is 155 Å². The first kappa shape index (κ1) is 24.0. The molecule has 0 aliphatic heterocycles. The Hall–Kier alpha value is 0. The molecule has 0 radical (unpaired) electrons. The van der Waals surface area contributed by atoms with E-state index in [0.717, 1.165) is 5.92 Å². The fourth-order valence-corrected chi connectivity index (χ4v) is 4.11. The van der Waals surface area contributed by atoms with Crippen LogP contribution in [0.2, 0.25) is 0 Å². The molecule has 0 bridgehead atoms. The largest absolute Gasteiger partial charge is 0.0654 e. The minimum absolute atomic E-state index is 0.480. The minimum Gasteiger partial charge on any atom is -0.0654 e.